The minimum absolute atomic E-state index is 0.150. The Bertz CT molecular complexity index is 605. The third-order valence-corrected chi connectivity index (χ3v) is 4.14. The Balaban J connectivity index is 1.50. The van der Waals surface area contributed by atoms with Crippen molar-refractivity contribution < 1.29 is 9.13 Å². The van der Waals surface area contributed by atoms with Crippen molar-refractivity contribution in [2.24, 2.45) is 5.73 Å². The molecule has 2 aromatic rings. The van der Waals surface area contributed by atoms with Crippen LogP contribution in [-0.4, -0.2) is 37.2 Å². The zero-order valence-corrected chi connectivity index (χ0v) is 12.5. The van der Waals surface area contributed by atoms with Crippen molar-refractivity contribution >= 4 is 0 Å². The van der Waals surface area contributed by atoms with Gasteiger partial charge >= 0.3 is 0 Å². The fourth-order valence-corrected chi connectivity index (χ4v) is 3.00. The molecule has 2 N–H and O–H groups in total. The van der Waals surface area contributed by atoms with Crippen LogP contribution in [0.2, 0.25) is 0 Å². The lowest BCUT2D eigenvalue weighted by molar-refractivity contribution is 0.234. The fourth-order valence-electron chi connectivity index (χ4n) is 3.00. The standard InChI is InChI=1S/C18H21FN2O/c19-15-7-4-8-16(11-15)22-10-9-21-12-17(18(20)13-21)14-5-2-1-3-6-14/h1-8,11,17-18H,9-10,12-13,20H2/t17-,18+/m0/s1. The minimum atomic E-state index is -0.273. The van der Waals surface area contributed by atoms with E-state index in [4.69, 9.17) is 10.5 Å². The van der Waals surface area contributed by atoms with E-state index >= 15 is 0 Å². The van der Waals surface area contributed by atoms with Gasteiger partial charge in [-0.3, -0.25) is 4.90 Å². The van der Waals surface area contributed by atoms with Crippen molar-refractivity contribution in [2.75, 3.05) is 26.2 Å². The molecule has 0 saturated carbocycles. The molecule has 2 aromatic carbocycles. The van der Waals surface area contributed by atoms with Crippen LogP contribution in [0.5, 0.6) is 5.75 Å². The summed E-state index contributed by atoms with van der Waals surface area (Å²) in [6, 6.07) is 16.8. The second kappa shape index (κ2) is 6.90. The summed E-state index contributed by atoms with van der Waals surface area (Å²) < 4.78 is 18.7. The van der Waals surface area contributed by atoms with Crippen LogP contribution < -0.4 is 10.5 Å². The molecule has 3 nitrogen and oxygen atoms in total. The van der Waals surface area contributed by atoms with Gasteiger partial charge in [-0.1, -0.05) is 36.4 Å². The Hall–Kier alpha value is -1.91. The molecule has 3 rings (SSSR count). The summed E-state index contributed by atoms with van der Waals surface area (Å²) in [6.45, 7) is 3.15. The summed E-state index contributed by atoms with van der Waals surface area (Å²) in [7, 11) is 0. The number of likely N-dealkylation sites (tertiary alicyclic amines) is 1. The molecule has 1 fully saturated rings. The highest BCUT2D eigenvalue weighted by atomic mass is 19.1. The van der Waals surface area contributed by atoms with Crippen LogP contribution in [0.4, 0.5) is 4.39 Å². The van der Waals surface area contributed by atoms with Gasteiger partial charge in [0.05, 0.1) is 0 Å². The molecule has 0 aromatic heterocycles. The topological polar surface area (TPSA) is 38.5 Å². The van der Waals surface area contributed by atoms with E-state index < -0.39 is 0 Å². The molecule has 1 aliphatic heterocycles. The summed E-state index contributed by atoms with van der Waals surface area (Å²) in [5.41, 5.74) is 7.57. The van der Waals surface area contributed by atoms with Crippen LogP contribution in [0.1, 0.15) is 11.5 Å². The van der Waals surface area contributed by atoms with Gasteiger partial charge in [0.2, 0.25) is 0 Å². The van der Waals surface area contributed by atoms with Crippen molar-refractivity contribution in [1.29, 1.82) is 0 Å². The van der Waals surface area contributed by atoms with E-state index in [9.17, 15) is 4.39 Å². The molecule has 0 amide bonds. The van der Waals surface area contributed by atoms with Crippen molar-refractivity contribution in [1.82, 2.24) is 4.90 Å². The van der Waals surface area contributed by atoms with Crippen LogP contribution in [0.25, 0.3) is 0 Å². The third kappa shape index (κ3) is 3.64. The molecule has 0 unspecified atom stereocenters. The fraction of sp³-hybridized carbons (Fsp3) is 0.333. The number of ether oxygens (including phenoxy) is 1. The lowest BCUT2D eigenvalue weighted by Gasteiger charge is -2.16. The molecule has 1 heterocycles. The van der Waals surface area contributed by atoms with E-state index in [1.54, 1.807) is 12.1 Å². The molecule has 0 aliphatic carbocycles. The molecule has 0 radical (unpaired) electrons. The SMILES string of the molecule is N[C@@H]1CN(CCOc2cccc(F)c2)C[C@H]1c1ccccc1. The molecule has 116 valence electrons. The van der Waals surface area contributed by atoms with Crippen LogP contribution in [0.3, 0.4) is 0 Å². The molecule has 0 bridgehead atoms. The predicted octanol–water partition coefficient (Wildman–Crippen LogP) is 2.63. The maximum atomic E-state index is 13.1. The average Bonchev–Trinajstić information content (AvgIpc) is 2.89. The molecular formula is C18H21FN2O. The second-order valence-electron chi connectivity index (χ2n) is 5.75. The predicted molar refractivity (Wildman–Crippen MR) is 85.5 cm³/mol. The van der Waals surface area contributed by atoms with Crippen LogP contribution in [-0.2, 0) is 0 Å². The van der Waals surface area contributed by atoms with E-state index in [1.807, 2.05) is 6.07 Å². The number of hydrogen-bond acceptors (Lipinski definition) is 3. The van der Waals surface area contributed by atoms with Gasteiger partial charge in [0.25, 0.3) is 0 Å². The highest BCUT2D eigenvalue weighted by Crippen LogP contribution is 2.26. The number of benzene rings is 2. The molecule has 4 heteroatoms. The third-order valence-electron chi connectivity index (χ3n) is 4.14. The Morgan fingerprint density at radius 2 is 1.91 bits per heavy atom. The van der Waals surface area contributed by atoms with E-state index in [1.165, 1.54) is 17.7 Å². The minimum Gasteiger partial charge on any atom is -0.492 e. The van der Waals surface area contributed by atoms with Crippen molar-refractivity contribution in [3.63, 3.8) is 0 Å². The number of nitrogens with two attached hydrogens (primary N) is 1. The lowest BCUT2D eigenvalue weighted by Crippen LogP contribution is -2.30. The van der Waals surface area contributed by atoms with Crippen LogP contribution in [0, 0.1) is 5.82 Å². The number of halogens is 1. The van der Waals surface area contributed by atoms with Gasteiger partial charge in [-0.25, -0.2) is 4.39 Å². The molecule has 22 heavy (non-hydrogen) atoms. The number of nitrogens with zero attached hydrogens (tertiary/aromatic N) is 1. The molecule has 0 spiro atoms. The Morgan fingerprint density at radius 3 is 2.68 bits per heavy atom. The quantitative estimate of drug-likeness (QED) is 0.922. The monoisotopic (exact) mass is 300 g/mol. The van der Waals surface area contributed by atoms with Crippen molar-refractivity contribution in [2.45, 2.75) is 12.0 Å². The van der Waals surface area contributed by atoms with Crippen LogP contribution in [0.15, 0.2) is 54.6 Å². The first-order chi connectivity index (χ1) is 10.7. The zero-order valence-electron chi connectivity index (χ0n) is 12.5. The van der Waals surface area contributed by atoms with Gasteiger partial charge in [0.1, 0.15) is 18.2 Å². The van der Waals surface area contributed by atoms with E-state index in [0.29, 0.717) is 18.3 Å². The van der Waals surface area contributed by atoms with Crippen molar-refractivity contribution in [3.8, 4) is 5.75 Å². The first-order valence-electron chi connectivity index (χ1n) is 7.63. The molecule has 2 atom stereocenters. The summed E-state index contributed by atoms with van der Waals surface area (Å²) in [6.07, 6.45) is 0. The summed E-state index contributed by atoms with van der Waals surface area (Å²) >= 11 is 0. The van der Waals surface area contributed by atoms with Gasteiger partial charge in [-0.15, -0.1) is 0 Å². The van der Waals surface area contributed by atoms with E-state index in [0.717, 1.165) is 19.6 Å². The van der Waals surface area contributed by atoms with Gasteiger partial charge in [-0.2, -0.15) is 0 Å². The van der Waals surface area contributed by atoms with Gasteiger partial charge in [0, 0.05) is 37.7 Å². The second-order valence-corrected chi connectivity index (χ2v) is 5.75. The highest BCUT2D eigenvalue weighted by Gasteiger charge is 2.30. The maximum absolute atomic E-state index is 13.1. The summed E-state index contributed by atoms with van der Waals surface area (Å²) in [5, 5.41) is 0. The van der Waals surface area contributed by atoms with Gasteiger partial charge in [-0.05, 0) is 17.7 Å². The van der Waals surface area contributed by atoms with Gasteiger partial charge in [0.15, 0.2) is 0 Å². The van der Waals surface area contributed by atoms with Crippen LogP contribution >= 0.6 is 0 Å². The lowest BCUT2D eigenvalue weighted by atomic mass is 9.95. The largest absolute Gasteiger partial charge is 0.492 e. The van der Waals surface area contributed by atoms with Crippen molar-refractivity contribution in [3.05, 3.63) is 66.0 Å². The Morgan fingerprint density at radius 1 is 1.09 bits per heavy atom. The average molecular weight is 300 g/mol. The Kier molecular flexibility index (Phi) is 4.71. The highest BCUT2D eigenvalue weighted by molar-refractivity contribution is 5.24. The molecule has 1 saturated heterocycles. The number of hydrogen-bond donors (Lipinski definition) is 1. The summed E-state index contributed by atoms with van der Waals surface area (Å²) in [5.74, 6) is 0.670. The first-order valence-corrected chi connectivity index (χ1v) is 7.63. The Labute approximate surface area is 130 Å². The first kappa shape index (κ1) is 15.0. The molecule has 1 aliphatic rings. The van der Waals surface area contributed by atoms with E-state index in [-0.39, 0.29) is 11.9 Å². The smallest absolute Gasteiger partial charge is 0.126 e. The van der Waals surface area contributed by atoms with E-state index in [2.05, 4.69) is 29.2 Å². The normalized spacial score (nSPS) is 21.9. The van der Waals surface area contributed by atoms with Gasteiger partial charge < -0.3 is 10.5 Å². The maximum Gasteiger partial charge on any atom is 0.126 e. The zero-order chi connectivity index (χ0) is 15.4. The number of rotatable bonds is 5. The summed E-state index contributed by atoms with van der Waals surface area (Å²) in [4.78, 5) is 2.31. The molecular weight excluding hydrogens is 279 g/mol.